The van der Waals surface area contributed by atoms with E-state index in [1.54, 1.807) is 11.0 Å². The van der Waals surface area contributed by atoms with Crippen LogP contribution >= 0.6 is 0 Å². The van der Waals surface area contributed by atoms with Crippen molar-refractivity contribution in [2.24, 2.45) is 5.92 Å². The summed E-state index contributed by atoms with van der Waals surface area (Å²) in [6.45, 7) is 5.68. The predicted molar refractivity (Wildman–Crippen MR) is 85.6 cm³/mol. The molecule has 0 N–H and O–H groups in total. The SMILES string of the molecule is CCc1ccc([C@@H]2C[C@@H](C)CCN2C(=O)CCn2cncn2)o1. The average molecular weight is 316 g/mol. The van der Waals surface area contributed by atoms with Crippen molar-refractivity contribution in [3.8, 4) is 0 Å². The third-order valence-electron chi connectivity index (χ3n) is 4.57. The minimum absolute atomic E-state index is 0.0577. The smallest absolute Gasteiger partial charge is 0.225 e. The number of amides is 1. The molecule has 2 aromatic heterocycles. The molecule has 124 valence electrons. The molecule has 0 saturated carbocycles. The van der Waals surface area contributed by atoms with Crippen LogP contribution in [-0.4, -0.2) is 32.1 Å². The lowest BCUT2D eigenvalue weighted by Gasteiger charge is -2.37. The van der Waals surface area contributed by atoms with Crippen LogP contribution in [-0.2, 0) is 17.8 Å². The fourth-order valence-electron chi connectivity index (χ4n) is 3.18. The molecule has 1 aliphatic heterocycles. The number of likely N-dealkylation sites (tertiary alicyclic amines) is 1. The average Bonchev–Trinajstić information content (AvgIpc) is 3.23. The third kappa shape index (κ3) is 3.63. The van der Waals surface area contributed by atoms with Gasteiger partial charge in [0.25, 0.3) is 0 Å². The van der Waals surface area contributed by atoms with E-state index in [9.17, 15) is 4.79 Å². The Labute approximate surface area is 136 Å². The highest BCUT2D eigenvalue weighted by Gasteiger charge is 2.32. The van der Waals surface area contributed by atoms with Gasteiger partial charge in [-0.05, 0) is 30.9 Å². The van der Waals surface area contributed by atoms with E-state index in [4.69, 9.17) is 4.42 Å². The van der Waals surface area contributed by atoms with Gasteiger partial charge in [-0.1, -0.05) is 13.8 Å². The van der Waals surface area contributed by atoms with Gasteiger partial charge >= 0.3 is 0 Å². The molecule has 6 nitrogen and oxygen atoms in total. The lowest BCUT2D eigenvalue weighted by Crippen LogP contribution is -2.40. The number of aryl methyl sites for hydroxylation is 2. The summed E-state index contributed by atoms with van der Waals surface area (Å²) in [6.07, 6.45) is 6.46. The molecule has 1 aliphatic rings. The monoisotopic (exact) mass is 316 g/mol. The fraction of sp³-hybridized carbons (Fsp3) is 0.588. The fourth-order valence-corrected chi connectivity index (χ4v) is 3.18. The largest absolute Gasteiger partial charge is 0.464 e. The number of carbonyl (C=O) groups is 1. The first-order valence-electron chi connectivity index (χ1n) is 8.38. The van der Waals surface area contributed by atoms with Gasteiger partial charge in [-0.3, -0.25) is 9.48 Å². The van der Waals surface area contributed by atoms with Gasteiger partial charge in [0.15, 0.2) is 0 Å². The van der Waals surface area contributed by atoms with Gasteiger partial charge in [0.05, 0.1) is 12.6 Å². The zero-order valence-electron chi connectivity index (χ0n) is 13.8. The van der Waals surface area contributed by atoms with Crippen LogP contribution < -0.4 is 0 Å². The Morgan fingerprint density at radius 2 is 2.30 bits per heavy atom. The Morgan fingerprint density at radius 1 is 1.43 bits per heavy atom. The first-order valence-corrected chi connectivity index (χ1v) is 8.38. The zero-order valence-corrected chi connectivity index (χ0v) is 13.8. The minimum atomic E-state index is 0.0577. The summed E-state index contributed by atoms with van der Waals surface area (Å²) >= 11 is 0. The standard InChI is InChI=1S/C17H24N4O2/c1-3-14-4-5-16(23-14)15-10-13(2)6-9-21(15)17(22)7-8-20-12-18-11-19-20/h4-5,11-13,15H,3,6-10H2,1-2H3/t13-,15-/m0/s1. The second kappa shape index (κ2) is 6.98. The zero-order chi connectivity index (χ0) is 16.2. The Hall–Kier alpha value is -2.11. The molecule has 0 aliphatic carbocycles. The second-order valence-electron chi connectivity index (χ2n) is 6.30. The molecule has 23 heavy (non-hydrogen) atoms. The quantitative estimate of drug-likeness (QED) is 0.851. The second-order valence-corrected chi connectivity index (χ2v) is 6.30. The molecule has 0 radical (unpaired) electrons. The number of furan rings is 1. The molecular weight excluding hydrogens is 292 g/mol. The molecule has 1 fully saturated rings. The lowest BCUT2D eigenvalue weighted by molar-refractivity contribution is -0.136. The van der Waals surface area contributed by atoms with E-state index in [0.717, 1.165) is 37.3 Å². The summed E-state index contributed by atoms with van der Waals surface area (Å²) in [5.41, 5.74) is 0. The van der Waals surface area contributed by atoms with Crippen LogP contribution in [0, 0.1) is 5.92 Å². The maximum atomic E-state index is 12.7. The highest BCUT2D eigenvalue weighted by molar-refractivity contribution is 5.76. The van der Waals surface area contributed by atoms with Crippen LogP contribution in [0.4, 0.5) is 0 Å². The molecule has 0 unspecified atom stereocenters. The van der Waals surface area contributed by atoms with Crippen LogP contribution in [0.2, 0.25) is 0 Å². The molecule has 0 bridgehead atoms. The van der Waals surface area contributed by atoms with Gasteiger partial charge in [0.2, 0.25) is 5.91 Å². The maximum absolute atomic E-state index is 12.7. The van der Waals surface area contributed by atoms with Crippen LogP contribution in [0.1, 0.15) is 50.7 Å². The summed E-state index contributed by atoms with van der Waals surface area (Å²) in [5.74, 6) is 2.66. The van der Waals surface area contributed by atoms with Crippen LogP contribution in [0.5, 0.6) is 0 Å². The third-order valence-corrected chi connectivity index (χ3v) is 4.57. The minimum Gasteiger partial charge on any atom is -0.464 e. The normalized spacial score (nSPS) is 21.6. The van der Waals surface area contributed by atoms with Gasteiger partial charge in [-0.15, -0.1) is 0 Å². The molecule has 0 aromatic carbocycles. The molecule has 0 spiro atoms. The van der Waals surface area contributed by atoms with E-state index < -0.39 is 0 Å². The highest BCUT2D eigenvalue weighted by Crippen LogP contribution is 2.35. The van der Waals surface area contributed by atoms with E-state index in [1.165, 1.54) is 6.33 Å². The number of hydrogen-bond acceptors (Lipinski definition) is 4. The van der Waals surface area contributed by atoms with Gasteiger partial charge < -0.3 is 9.32 Å². The van der Waals surface area contributed by atoms with Crippen molar-refractivity contribution < 1.29 is 9.21 Å². The van der Waals surface area contributed by atoms with Crippen LogP contribution in [0.15, 0.2) is 29.2 Å². The molecular formula is C17H24N4O2. The van der Waals surface area contributed by atoms with E-state index in [0.29, 0.717) is 18.9 Å². The first kappa shape index (κ1) is 15.8. The van der Waals surface area contributed by atoms with Crippen LogP contribution in [0.3, 0.4) is 0 Å². The Morgan fingerprint density at radius 3 is 3.00 bits per heavy atom. The van der Waals surface area contributed by atoms with Gasteiger partial charge in [0, 0.05) is 19.4 Å². The van der Waals surface area contributed by atoms with Crippen molar-refractivity contribution in [1.29, 1.82) is 0 Å². The number of rotatable bonds is 5. The number of aromatic nitrogens is 3. The molecule has 6 heteroatoms. The summed E-state index contributed by atoms with van der Waals surface area (Å²) in [6, 6.07) is 4.11. The molecule has 1 saturated heterocycles. The number of hydrogen-bond donors (Lipinski definition) is 0. The van der Waals surface area contributed by atoms with Crippen molar-refractivity contribution in [2.75, 3.05) is 6.54 Å². The summed E-state index contributed by atoms with van der Waals surface area (Å²) in [7, 11) is 0. The molecule has 3 rings (SSSR count). The van der Waals surface area contributed by atoms with E-state index in [-0.39, 0.29) is 11.9 Å². The Balaban J connectivity index is 1.70. The number of nitrogens with zero attached hydrogens (tertiary/aromatic N) is 4. The van der Waals surface area contributed by atoms with Gasteiger partial charge in [0.1, 0.15) is 24.2 Å². The topological polar surface area (TPSA) is 64.2 Å². The lowest BCUT2D eigenvalue weighted by atomic mass is 9.91. The predicted octanol–water partition coefficient (Wildman–Crippen LogP) is 2.82. The van der Waals surface area contributed by atoms with Crippen molar-refractivity contribution in [2.45, 2.75) is 52.1 Å². The highest BCUT2D eigenvalue weighted by atomic mass is 16.3. The van der Waals surface area contributed by atoms with Crippen molar-refractivity contribution >= 4 is 5.91 Å². The summed E-state index contributed by atoms with van der Waals surface area (Å²) in [5, 5.41) is 4.05. The molecule has 1 amide bonds. The summed E-state index contributed by atoms with van der Waals surface area (Å²) in [4.78, 5) is 18.6. The van der Waals surface area contributed by atoms with Gasteiger partial charge in [-0.2, -0.15) is 5.10 Å². The number of piperidine rings is 1. The van der Waals surface area contributed by atoms with Gasteiger partial charge in [-0.25, -0.2) is 4.98 Å². The molecule has 3 heterocycles. The van der Waals surface area contributed by atoms with E-state index in [2.05, 4.69) is 23.9 Å². The van der Waals surface area contributed by atoms with E-state index >= 15 is 0 Å². The summed E-state index contributed by atoms with van der Waals surface area (Å²) < 4.78 is 7.63. The van der Waals surface area contributed by atoms with Crippen molar-refractivity contribution in [3.63, 3.8) is 0 Å². The van der Waals surface area contributed by atoms with E-state index in [1.807, 2.05) is 17.0 Å². The van der Waals surface area contributed by atoms with Crippen molar-refractivity contribution in [3.05, 3.63) is 36.3 Å². The number of carbonyl (C=O) groups excluding carboxylic acids is 1. The Bertz CT molecular complexity index is 635. The first-order chi connectivity index (χ1) is 11.2. The van der Waals surface area contributed by atoms with Crippen molar-refractivity contribution in [1.82, 2.24) is 19.7 Å². The maximum Gasteiger partial charge on any atom is 0.225 e. The van der Waals surface area contributed by atoms with Crippen LogP contribution in [0.25, 0.3) is 0 Å². The molecule has 2 atom stereocenters. The molecule has 2 aromatic rings. The Kier molecular flexibility index (Phi) is 4.79.